The van der Waals surface area contributed by atoms with E-state index in [0.29, 0.717) is 17.3 Å². The summed E-state index contributed by atoms with van der Waals surface area (Å²) in [6.45, 7) is 5.20. The van der Waals surface area contributed by atoms with Crippen molar-refractivity contribution in [3.8, 4) is 11.5 Å². The summed E-state index contributed by atoms with van der Waals surface area (Å²) in [6, 6.07) is 14.1. The number of piperazine rings is 1. The third-order valence-corrected chi connectivity index (χ3v) is 11.6. The molecule has 1 saturated heterocycles. The largest absolute Gasteiger partial charge is 0.457 e. The number of alkyl halides is 2. The van der Waals surface area contributed by atoms with Crippen LogP contribution in [0.15, 0.2) is 67.1 Å². The molecule has 3 N–H and O–H groups in total. The number of nitrogens with zero attached hydrogens (tertiary/aromatic N) is 7. The van der Waals surface area contributed by atoms with E-state index in [1.54, 1.807) is 23.0 Å². The van der Waals surface area contributed by atoms with Gasteiger partial charge >= 0.3 is 0 Å². The van der Waals surface area contributed by atoms with E-state index in [4.69, 9.17) is 4.74 Å². The van der Waals surface area contributed by atoms with Crippen molar-refractivity contribution in [2.45, 2.75) is 63.8 Å². The number of imide groups is 1. The molecule has 2 fully saturated rings. The second-order valence-electron chi connectivity index (χ2n) is 15.8. The molecule has 0 radical (unpaired) electrons. The van der Waals surface area contributed by atoms with Gasteiger partial charge in [0, 0.05) is 50.7 Å². The number of carbonyl (C=O) groups is 4. The monoisotopic (exact) mass is 822 g/mol. The maximum Gasteiger partial charge on any atom is 0.299 e. The summed E-state index contributed by atoms with van der Waals surface area (Å²) in [5, 5.41) is 16.6. The lowest BCUT2D eigenvalue weighted by atomic mass is 9.86. The summed E-state index contributed by atoms with van der Waals surface area (Å²) < 4.78 is 37.5. The number of benzene rings is 2. The van der Waals surface area contributed by atoms with Gasteiger partial charge in [-0.15, -0.1) is 0 Å². The summed E-state index contributed by atoms with van der Waals surface area (Å²) in [5.41, 5.74) is 1.37. The van der Waals surface area contributed by atoms with Crippen LogP contribution in [0.2, 0.25) is 0 Å². The Balaban J connectivity index is 0.767. The topological polar surface area (TPSA) is 168 Å². The van der Waals surface area contributed by atoms with E-state index in [1.807, 2.05) is 30.3 Å². The smallest absolute Gasteiger partial charge is 0.299 e. The van der Waals surface area contributed by atoms with Crippen LogP contribution in [0.25, 0.3) is 5.65 Å². The van der Waals surface area contributed by atoms with Crippen LogP contribution < -0.4 is 25.6 Å². The van der Waals surface area contributed by atoms with E-state index in [0.717, 1.165) is 102 Å². The van der Waals surface area contributed by atoms with Gasteiger partial charge in [0.15, 0.2) is 11.3 Å². The Kier molecular flexibility index (Phi) is 12.2. The number of aromatic nitrogens is 5. The van der Waals surface area contributed by atoms with Crippen molar-refractivity contribution in [1.29, 1.82) is 0 Å². The van der Waals surface area contributed by atoms with Gasteiger partial charge in [-0.3, -0.25) is 29.2 Å². The Morgan fingerprint density at radius 3 is 2.53 bits per heavy atom. The third-order valence-electron chi connectivity index (χ3n) is 11.6. The van der Waals surface area contributed by atoms with Crippen molar-refractivity contribution < 1.29 is 32.7 Å². The number of hydrogen-bond donors (Lipinski definition) is 3. The first kappa shape index (κ1) is 40.7. The number of ketones is 1. The maximum absolute atomic E-state index is 14.2. The highest BCUT2D eigenvalue weighted by Gasteiger charge is 2.33. The van der Waals surface area contributed by atoms with Crippen LogP contribution in [0.1, 0.15) is 99.7 Å². The second kappa shape index (κ2) is 18.0. The molecule has 17 heteroatoms. The fourth-order valence-electron chi connectivity index (χ4n) is 8.38. The number of hydrogen-bond acceptors (Lipinski definition) is 11. The van der Waals surface area contributed by atoms with Crippen LogP contribution in [0.3, 0.4) is 0 Å². The number of Topliss-reactive ketones (excluding diaryl/α,β-unsaturated/α-hetero) is 1. The lowest BCUT2D eigenvalue weighted by Crippen LogP contribution is -2.43. The minimum Gasteiger partial charge on any atom is -0.457 e. The van der Waals surface area contributed by atoms with Crippen LogP contribution in [0.5, 0.6) is 11.5 Å². The lowest BCUT2D eigenvalue weighted by molar-refractivity contribution is -0.116. The number of halogens is 2. The summed E-state index contributed by atoms with van der Waals surface area (Å²) in [5.74, 6) is -0.954. The predicted octanol–water partition coefficient (Wildman–Crippen LogP) is 5.85. The van der Waals surface area contributed by atoms with Gasteiger partial charge in [0.25, 0.3) is 29.9 Å². The van der Waals surface area contributed by atoms with Gasteiger partial charge in [0.05, 0.1) is 23.5 Å². The normalized spacial score (nSPS) is 18.3. The number of unbranched alkanes of at least 4 members (excludes halogenated alkanes) is 2. The Labute approximate surface area is 345 Å². The minimum atomic E-state index is -2.85. The first-order valence-electron chi connectivity index (χ1n) is 20.6. The van der Waals surface area contributed by atoms with Gasteiger partial charge in [-0.05, 0) is 100 Å². The Morgan fingerprint density at radius 1 is 0.983 bits per heavy atom. The molecular formula is C43H48F2N10O5. The van der Waals surface area contributed by atoms with Crippen LogP contribution in [-0.4, -0.2) is 99.1 Å². The molecule has 314 valence electrons. The molecule has 2 aromatic carbocycles. The number of aryl methyl sites for hydroxylation is 1. The highest BCUT2D eigenvalue weighted by molar-refractivity contribution is 6.49. The number of nitrogens with one attached hydrogen (secondary N) is 3. The average molecular weight is 823 g/mol. The van der Waals surface area contributed by atoms with Crippen molar-refractivity contribution in [2.24, 2.45) is 5.92 Å². The molecule has 3 aromatic heterocycles. The van der Waals surface area contributed by atoms with Crippen LogP contribution >= 0.6 is 0 Å². The number of carbonyl (C=O) groups excluding carboxylic acids is 4. The zero-order valence-electron chi connectivity index (χ0n) is 33.4. The Morgan fingerprint density at radius 2 is 1.77 bits per heavy atom. The molecule has 5 heterocycles. The van der Waals surface area contributed by atoms with Crippen LogP contribution in [-0.2, 0) is 11.2 Å². The van der Waals surface area contributed by atoms with Crippen molar-refractivity contribution >= 4 is 40.7 Å². The number of anilines is 2. The van der Waals surface area contributed by atoms with Gasteiger partial charge in [-0.2, -0.15) is 10.2 Å². The predicted molar refractivity (Wildman–Crippen MR) is 219 cm³/mol. The van der Waals surface area contributed by atoms with Crippen LogP contribution in [0, 0.1) is 5.92 Å². The number of amides is 3. The van der Waals surface area contributed by atoms with Gasteiger partial charge < -0.3 is 25.2 Å². The summed E-state index contributed by atoms with van der Waals surface area (Å²) in [7, 11) is 2.15. The van der Waals surface area contributed by atoms with Crippen molar-refractivity contribution in [3.63, 3.8) is 0 Å². The molecule has 60 heavy (non-hydrogen) atoms. The van der Waals surface area contributed by atoms with Gasteiger partial charge in [-0.1, -0.05) is 24.6 Å². The van der Waals surface area contributed by atoms with E-state index >= 15 is 0 Å². The fraction of sp³-hybridized carbons (Fsp3) is 0.419. The maximum atomic E-state index is 14.2. The minimum absolute atomic E-state index is 0.00156. The molecule has 1 saturated carbocycles. The first-order valence-corrected chi connectivity index (χ1v) is 20.6. The van der Waals surface area contributed by atoms with E-state index in [-0.39, 0.29) is 34.2 Å². The van der Waals surface area contributed by atoms with Gasteiger partial charge in [0.1, 0.15) is 22.9 Å². The van der Waals surface area contributed by atoms with Crippen LogP contribution in [0.4, 0.5) is 20.3 Å². The van der Waals surface area contributed by atoms with Gasteiger partial charge in [-0.25, -0.2) is 18.3 Å². The molecular weight excluding hydrogens is 775 g/mol. The fourth-order valence-corrected chi connectivity index (χ4v) is 8.38. The molecule has 0 spiro atoms. The molecule has 3 aliphatic rings. The SMILES string of the molecule is CN(CCCCCc1ccc(Oc2cccc3c2C(=O)NC(=O)C3=O)cc1)C[C@H]1CC[C@H](n2cc(NC(=O)c3cnn4ccc(N5CCNCC5)nc34)c(C(F)F)n2)CC1. The lowest BCUT2D eigenvalue weighted by Gasteiger charge is -2.31. The standard InChI is InChI=1S/C43H48F2N10O5/c1-52(20-4-2-3-6-27-11-15-30(16-12-27)60-34-8-5-7-31-36(34)42(58)50-43(59)38(31)56)25-28-9-13-29(14-10-28)55-26-33(37(51-55)39(44)45)48-41(57)32-24-47-54-21-17-35(49-40(32)54)53-22-18-46-19-23-53/h5,7-8,11-12,15-17,21,24,26,28-29,39,46H,2-4,6,9-10,13-14,18-20,22-23,25H2,1H3,(H,48,57)(H,50,58,59)/t28-,29-. The van der Waals surface area contributed by atoms with E-state index in [2.05, 4.69) is 48.0 Å². The zero-order chi connectivity index (χ0) is 41.8. The number of ether oxygens (including phenoxy) is 1. The second-order valence-corrected chi connectivity index (χ2v) is 15.8. The number of rotatable bonds is 15. The Hall–Kier alpha value is -6.07. The molecule has 2 aliphatic heterocycles. The van der Waals surface area contributed by atoms with E-state index in [1.165, 1.54) is 23.0 Å². The molecule has 5 aromatic rings. The highest BCUT2D eigenvalue weighted by Crippen LogP contribution is 2.36. The molecule has 8 rings (SSSR count). The zero-order valence-corrected chi connectivity index (χ0v) is 33.4. The molecule has 0 bridgehead atoms. The van der Waals surface area contributed by atoms with E-state index in [9.17, 15) is 28.0 Å². The van der Waals surface area contributed by atoms with Crippen molar-refractivity contribution in [3.05, 3.63) is 95.1 Å². The quantitative estimate of drug-likeness (QED) is 0.0659. The van der Waals surface area contributed by atoms with Crippen molar-refractivity contribution in [1.82, 2.24) is 39.9 Å². The molecule has 0 unspecified atom stereocenters. The Bertz CT molecular complexity index is 2370. The summed E-state index contributed by atoms with van der Waals surface area (Å²) in [4.78, 5) is 59.0. The summed E-state index contributed by atoms with van der Waals surface area (Å²) >= 11 is 0. The van der Waals surface area contributed by atoms with Gasteiger partial charge in [0.2, 0.25) is 0 Å². The molecule has 3 amide bonds. The summed E-state index contributed by atoms with van der Waals surface area (Å²) in [6.07, 6.45) is 9.47. The first-order chi connectivity index (χ1) is 29.1. The third kappa shape index (κ3) is 9.06. The average Bonchev–Trinajstić information content (AvgIpc) is 3.88. The molecule has 15 nitrogen and oxygen atoms in total. The van der Waals surface area contributed by atoms with Crippen molar-refractivity contribution in [2.75, 3.05) is 56.5 Å². The molecule has 1 aliphatic carbocycles. The highest BCUT2D eigenvalue weighted by atomic mass is 19.3. The number of fused-ring (bicyclic) bond motifs is 2. The molecule has 0 atom stereocenters. The van der Waals surface area contributed by atoms with E-state index < -0.39 is 35.6 Å².